The molecule has 0 radical (unpaired) electrons. The van der Waals surface area contributed by atoms with Gasteiger partial charge in [-0.25, -0.2) is 5.10 Å². The second-order valence-electron chi connectivity index (χ2n) is 3.70. The van der Waals surface area contributed by atoms with Crippen molar-refractivity contribution in [1.82, 2.24) is 15.5 Å². The Morgan fingerprint density at radius 3 is 2.94 bits per heavy atom. The predicted molar refractivity (Wildman–Crippen MR) is 61.4 cm³/mol. The molecule has 6 heteroatoms. The first kappa shape index (κ1) is 12.2. The number of rotatable bonds is 4. The summed E-state index contributed by atoms with van der Waals surface area (Å²) in [6.07, 6.45) is 1.55. The molecule has 0 saturated carbocycles. The molecule has 0 aliphatic rings. The van der Waals surface area contributed by atoms with Crippen molar-refractivity contribution in [3.05, 3.63) is 22.6 Å². The monoisotopic (exact) mass is 224 g/mol. The lowest BCUT2D eigenvalue weighted by atomic mass is 10.1. The minimum atomic E-state index is -0.253. The Morgan fingerprint density at radius 2 is 2.38 bits per heavy atom. The quantitative estimate of drug-likeness (QED) is 0.728. The molecule has 0 aromatic carbocycles. The Kier molecular flexibility index (Phi) is 4.04. The van der Waals surface area contributed by atoms with E-state index in [2.05, 4.69) is 15.5 Å². The van der Waals surface area contributed by atoms with Crippen molar-refractivity contribution in [1.29, 1.82) is 0 Å². The molecule has 1 unspecified atom stereocenters. The van der Waals surface area contributed by atoms with Crippen LogP contribution in [-0.4, -0.2) is 36.7 Å². The van der Waals surface area contributed by atoms with Gasteiger partial charge in [0.15, 0.2) is 0 Å². The summed E-state index contributed by atoms with van der Waals surface area (Å²) in [7, 11) is 3.42. The molecule has 88 valence electrons. The normalized spacial score (nSPS) is 11.9. The highest BCUT2D eigenvalue weighted by Gasteiger charge is 2.14. The van der Waals surface area contributed by atoms with Crippen molar-refractivity contribution < 1.29 is 4.79 Å². The van der Waals surface area contributed by atoms with Crippen LogP contribution in [0.25, 0.3) is 0 Å². The van der Waals surface area contributed by atoms with Crippen LogP contribution in [0, 0.1) is 5.92 Å². The molecule has 1 amide bonds. The number of carbonyl (C=O) groups excluding carboxylic acids is 1. The van der Waals surface area contributed by atoms with Gasteiger partial charge in [0.2, 0.25) is 5.91 Å². The molecule has 6 nitrogen and oxygen atoms in total. The predicted octanol–water partition coefficient (Wildman–Crippen LogP) is -0.412. The van der Waals surface area contributed by atoms with E-state index in [0.717, 1.165) is 0 Å². The minimum absolute atomic E-state index is 0.0235. The third kappa shape index (κ3) is 3.08. The highest BCUT2D eigenvalue weighted by molar-refractivity contribution is 5.78. The van der Waals surface area contributed by atoms with Crippen molar-refractivity contribution in [3.63, 3.8) is 0 Å². The number of anilines is 1. The van der Waals surface area contributed by atoms with Gasteiger partial charge in [0, 0.05) is 26.7 Å². The zero-order chi connectivity index (χ0) is 12.1. The van der Waals surface area contributed by atoms with Crippen LogP contribution >= 0.6 is 0 Å². The topological polar surface area (TPSA) is 78.1 Å². The summed E-state index contributed by atoms with van der Waals surface area (Å²) in [4.78, 5) is 24.2. The maximum absolute atomic E-state index is 11.3. The number of H-pyrrole nitrogens is 1. The van der Waals surface area contributed by atoms with Crippen LogP contribution in [0.4, 0.5) is 5.69 Å². The van der Waals surface area contributed by atoms with Gasteiger partial charge < -0.3 is 10.2 Å². The van der Waals surface area contributed by atoms with Crippen molar-refractivity contribution in [2.45, 2.75) is 6.92 Å². The average Bonchev–Trinajstić information content (AvgIpc) is 2.27. The Hall–Kier alpha value is -1.85. The number of hydrogen-bond donors (Lipinski definition) is 2. The number of aromatic amines is 1. The number of nitrogens with one attached hydrogen (secondary N) is 2. The van der Waals surface area contributed by atoms with E-state index in [1.165, 1.54) is 6.07 Å². The fraction of sp³-hybridized carbons (Fsp3) is 0.500. The molecule has 0 aliphatic carbocycles. The van der Waals surface area contributed by atoms with Gasteiger partial charge in [-0.15, -0.1) is 0 Å². The lowest BCUT2D eigenvalue weighted by Gasteiger charge is -2.21. The molecule has 0 fully saturated rings. The van der Waals surface area contributed by atoms with E-state index in [1.54, 1.807) is 13.2 Å². The Labute approximate surface area is 93.7 Å². The SMILES string of the molecule is CNC(=O)C(C)CN(C)c1cn[nH]c(=O)c1. The highest BCUT2D eigenvalue weighted by atomic mass is 16.1. The van der Waals surface area contributed by atoms with E-state index in [1.807, 2.05) is 18.9 Å². The van der Waals surface area contributed by atoms with Gasteiger partial charge in [-0.1, -0.05) is 6.92 Å². The molecule has 1 heterocycles. The summed E-state index contributed by atoms with van der Waals surface area (Å²) in [5.74, 6) is -0.168. The number of aromatic nitrogens is 2. The lowest BCUT2D eigenvalue weighted by Crippen LogP contribution is -2.34. The Morgan fingerprint density at radius 1 is 1.69 bits per heavy atom. The molecule has 0 spiro atoms. The van der Waals surface area contributed by atoms with Crippen molar-refractivity contribution >= 4 is 11.6 Å². The molecule has 2 N–H and O–H groups in total. The largest absolute Gasteiger partial charge is 0.372 e. The van der Waals surface area contributed by atoms with Crippen LogP contribution in [0.1, 0.15) is 6.92 Å². The zero-order valence-corrected chi connectivity index (χ0v) is 9.65. The highest BCUT2D eigenvalue weighted by Crippen LogP contribution is 2.09. The van der Waals surface area contributed by atoms with Crippen molar-refractivity contribution in [3.8, 4) is 0 Å². The molecule has 1 aromatic rings. The first-order valence-corrected chi connectivity index (χ1v) is 5.02. The molecular formula is C10H16N4O2. The number of hydrogen-bond acceptors (Lipinski definition) is 4. The molecule has 1 aromatic heterocycles. The number of amides is 1. The van der Waals surface area contributed by atoms with Gasteiger partial charge in [-0.05, 0) is 0 Å². The van der Waals surface area contributed by atoms with Crippen LogP contribution in [0.15, 0.2) is 17.1 Å². The zero-order valence-electron chi connectivity index (χ0n) is 9.65. The van der Waals surface area contributed by atoms with Crippen molar-refractivity contribution in [2.75, 3.05) is 25.5 Å². The summed E-state index contributed by atoms with van der Waals surface area (Å²) in [5, 5.41) is 8.58. The maximum atomic E-state index is 11.3. The first-order chi connectivity index (χ1) is 7.54. The van der Waals surface area contributed by atoms with Gasteiger partial charge in [-0.2, -0.15) is 5.10 Å². The van der Waals surface area contributed by atoms with Crippen LogP contribution < -0.4 is 15.8 Å². The molecule has 16 heavy (non-hydrogen) atoms. The van der Waals surface area contributed by atoms with E-state index in [0.29, 0.717) is 12.2 Å². The number of nitrogens with zero attached hydrogens (tertiary/aromatic N) is 2. The van der Waals surface area contributed by atoms with Gasteiger partial charge in [-0.3, -0.25) is 9.59 Å². The van der Waals surface area contributed by atoms with Crippen LogP contribution in [0.2, 0.25) is 0 Å². The smallest absolute Gasteiger partial charge is 0.266 e. The summed E-state index contributed by atoms with van der Waals surface area (Å²) in [6, 6.07) is 1.45. The second kappa shape index (κ2) is 5.29. The molecule has 0 bridgehead atoms. The van der Waals surface area contributed by atoms with E-state index in [4.69, 9.17) is 0 Å². The van der Waals surface area contributed by atoms with Crippen LogP contribution in [0.5, 0.6) is 0 Å². The average molecular weight is 224 g/mol. The third-order valence-electron chi connectivity index (χ3n) is 2.33. The minimum Gasteiger partial charge on any atom is -0.372 e. The molecule has 1 atom stereocenters. The van der Waals surface area contributed by atoms with Crippen LogP contribution in [0.3, 0.4) is 0 Å². The summed E-state index contributed by atoms with van der Waals surface area (Å²) in [6.45, 7) is 2.36. The third-order valence-corrected chi connectivity index (χ3v) is 2.33. The first-order valence-electron chi connectivity index (χ1n) is 5.02. The van der Waals surface area contributed by atoms with Crippen LogP contribution in [-0.2, 0) is 4.79 Å². The van der Waals surface area contributed by atoms with Gasteiger partial charge in [0.05, 0.1) is 17.8 Å². The fourth-order valence-corrected chi connectivity index (χ4v) is 1.42. The fourth-order valence-electron chi connectivity index (χ4n) is 1.42. The molecule has 1 rings (SSSR count). The van der Waals surface area contributed by atoms with E-state index >= 15 is 0 Å². The second-order valence-corrected chi connectivity index (χ2v) is 3.70. The summed E-state index contributed by atoms with van der Waals surface area (Å²) >= 11 is 0. The number of carbonyl (C=O) groups is 1. The standard InChI is InChI=1S/C10H16N4O2/c1-7(10(16)11-2)6-14(3)8-4-9(15)13-12-5-8/h4-5,7H,6H2,1-3H3,(H,11,16)(H,13,15). The summed E-state index contributed by atoms with van der Waals surface area (Å²) in [5.41, 5.74) is 0.441. The Bertz CT molecular complexity index is 415. The molecular weight excluding hydrogens is 208 g/mol. The van der Waals surface area contributed by atoms with E-state index < -0.39 is 0 Å². The van der Waals surface area contributed by atoms with E-state index in [9.17, 15) is 9.59 Å². The molecule has 0 aliphatic heterocycles. The molecule has 0 saturated heterocycles. The van der Waals surface area contributed by atoms with Gasteiger partial charge in [0.1, 0.15) is 0 Å². The Balaban J connectivity index is 2.69. The maximum Gasteiger partial charge on any atom is 0.266 e. The van der Waals surface area contributed by atoms with E-state index in [-0.39, 0.29) is 17.4 Å². The summed E-state index contributed by atoms with van der Waals surface area (Å²) < 4.78 is 0. The van der Waals surface area contributed by atoms with Gasteiger partial charge >= 0.3 is 0 Å². The van der Waals surface area contributed by atoms with Crippen molar-refractivity contribution in [2.24, 2.45) is 5.92 Å². The van der Waals surface area contributed by atoms with Gasteiger partial charge in [0.25, 0.3) is 5.56 Å². The lowest BCUT2D eigenvalue weighted by molar-refractivity contribution is -0.123.